The van der Waals surface area contributed by atoms with Crippen LogP contribution in [0.2, 0.25) is 0 Å². The summed E-state index contributed by atoms with van der Waals surface area (Å²) in [6.45, 7) is 18.7. The summed E-state index contributed by atoms with van der Waals surface area (Å²) in [7, 11) is 0. The van der Waals surface area contributed by atoms with Crippen LogP contribution in [-0.2, 0) is 9.53 Å². The maximum absolute atomic E-state index is 12.0. The fourth-order valence-corrected chi connectivity index (χ4v) is 5.91. The molecule has 7 N–H and O–H groups in total. The summed E-state index contributed by atoms with van der Waals surface area (Å²) < 4.78 is 5.41. The van der Waals surface area contributed by atoms with Crippen molar-refractivity contribution in [3.8, 4) is 0 Å². The SMILES string of the molecule is C=CC=C[C@H](C)C(NC(N)=O)C(C)[C@H](O)C(C)CC(C)=C[C@H](C)[C@@H](O)[C@@H](C)C=C[C@@H](O)C[C@@H]1OC(=O)[C@H](C)[C@@H](O)[C@H]1C. The summed E-state index contributed by atoms with van der Waals surface area (Å²) >= 11 is 0. The zero-order chi connectivity index (χ0) is 32.3. The van der Waals surface area contributed by atoms with Crippen LogP contribution in [0.3, 0.4) is 0 Å². The van der Waals surface area contributed by atoms with Gasteiger partial charge in [0.2, 0.25) is 0 Å². The molecule has 0 aliphatic carbocycles. The number of hydrogen-bond donors (Lipinski definition) is 6. The van der Waals surface area contributed by atoms with E-state index in [9.17, 15) is 30.0 Å². The highest BCUT2D eigenvalue weighted by atomic mass is 16.5. The molecular formula is C33H56N2O7. The lowest BCUT2D eigenvalue weighted by atomic mass is 9.80. The van der Waals surface area contributed by atoms with E-state index in [-0.39, 0.29) is 48.0 Å². The number of aliphatic hydroxyl groups is 4. The van der Waals surface area contributed by atoms with E-state index in [0.29, 0.717) is 6.42 Å². The molecule has 1 aliphatic rings. The number of rotatable bonds is 16. The Morgan fingerprint density at radius 1 is 1.02 bits per heavy atom. The van der Waals surface area contributed by atoms with Gasteiger partial charge in [-0.25, -0.2) is 4.79 Å². The lowest BCUT2D eigenvalue weighted by molar-refractivity contribution is -0.179. The van der Waals surface area contributed by atoms with Gasteiger partial charge in [-0.2, -0.15) is 0 Å². The van der Waals surface area contributed by atoms with Gasteiger partial charge < -0.3 is 36.2 Å². The van der Waals surface area contributed by atoms with Gasteiger partial charge in [-0.1, -0.05) is 90.2 Å². The molecular weight excluding hydrogens is 536 g/mol. The van der Waals surface area contributed by atoms with Crippen molar-refractivity contribution in [3.05, 3.63) is 48.6 Å². The Kier molecular flexibility index (Phi) is 15.7. The van der Waals surface area contributed by atoms with Gasteiger partial charge in [-0.3, -0.25) is 4.79 Å². The highest BCUT2D eigenvalue weighted by Crippen LogP contribution is 2.30. The molecule has 0 aromatic rings. The Bertz CT molecular complexity index is 964. The number of carbonyl (C=O) groups excluding carboxylic acids is 2. The van der Waals surface area contributed by atoms with Crippen molar-refractivity contribution in [1.82, 2.24) is 5.32 Å². The third-order valence-corrected chi connectivity index (χ3v) is 8.77. The van der Waals surface area contributed by atoms with Crippen molar-refractivity contribution >= 4 is 12.0 Å². The minimum atomic E-state index is -0.889. The number of nitrogens with one attached hydrogen (secondary N) is 1. The van der Waals surface area contributed by atoms with Gasteiger partial charge in [0, 0.05) is 36.1 Å². The maximum Gasteiger partial charge on any atom is 0.312 e. The van der Waals surface area contributed by atoms with Gasteiger partial charge in [0.25, 0.3) is 0 Å². The summed E-state index contributed by atoms with van der Waals surface area (Å²) in [6.07, 6.45) is 7.81. The number of amides is 2. The van der Waals surface area contributed by atoms with Crippen LogP contribution in [0.4, 0.5) is 4.79 Å². The molecule has 42 heavy (non-hydrogen) atoms. The van der Waals surface area contributed by atoms with Crippen LogP contribution in [0.5, 0.6) is 0 Å². The monoisotopic (exact) mass is 592 g/mol. The number of urea groups is 1. The minimum Gasteiger partial charge on any atom is -0.462 e. The quantitative estimate of drug-likeness (QED) is 0.0900. The molecule has 240 valence electrons. The molecule has 0 saturated carbocycles. The van der Waals surface area contributed by atoms with Crippen molar-refractivity contribution in [1.29, 1.82) is 0 Å². The highest BCUT2D eigenvalue weighted by molar-refractivity contribution is 5.74. The second-order valence-electron chi connectivity index (χ2n) is 12.6. The van der Waals surface area contributed by atoms with Crippen LogP contribution < -0.4 is 11.1 Å². The summed E-state index contributed by atoms with van der Waals surface area (Å²) in [5, 5.41) is 45.6. The van der Waals surface area contributed by atoms with Crippen LogP contribution in [0.25, 0.3) is 0 Å². The second-order valence-corrected chi connectivity index (χ2v) is 12.6. The zero-order valence-electron chi connectivity index (χ0n) is 26.7. The molecule has 9 heteroatoms. The first kappa shape index (κ1) is 37.6. The maximum atomic E-state index is 12.0. The molecule has 1 fully saturated rings. The third-order valence-electron chi connectivity index (χ3n) is 8.77. The smallest absolute Gasteiger partial charge is 0.312 e. The predicted octanol–water partition coefficient (Wildman–Crippen LogP) is 3.87. The van der Waals surface area contributed by atoms with Crippen LogP contribution >= 0.6 is 0 Å². The van der Waals surface area contributed by atoms with Crippen LogP contribution in [0, 0.1) is 41.4 Å². The van der Waals surface area contributed by atoms with E-state index in [4.69, 9.17) is 10.5 Å². The van der Waals surface area contributed by atoms with Crippen molar-refractivity contribution in [2.24, 2.45) is 47.2 Å². The van der Waals surface area contributed by atoms with Crippen LogP contribution in [0.1, 0.15) is 68.2 Å². The molecule has 0 aromatic carbocycles. The summed E-state index contributed by atoms with van der Waals surface area (Å²) in [6, 6.07) is -0.994. The lowest BCUT2D eigenvalue weighted by Crippen LogP contribution is -2.50. The van der Waals surface area contributed by atoms with Crippen molar-refractivity contribution < 1.29 is 34.8 Å². The first-order chi connectivity index (χ1) is 19.5. The minimum absolute atomic E-state index is 0.0661. The van der Waals surface area contributed by atoms with E-state index < -0.39 is 48.4 Å². The van der Waals surface area contributed by atoms with Crippen LogP contribution in [0.15, 0.2) is 48.6 Å². The molecule has 0 spiro atoms. The van der Waals surface area contributed by atoms with Gasteiger partial charge in [-0.05, 0) is 32.1 Å². The average molecular weight is 593 g/mol. The molecule has 1 rings (SSSR count). The molecule has 1 saturated heterocycles. The molecule has 9 nitrogen and oxygen atoms in total. The van der Waals surface area contributed by atoms with Crippen molar-refractivity contribution in [2.45, 2.75) is 105 Å². The summed E-state index contributed by atoms with van der Waals surface area (Å²) in [5.74, 6) is -2.23. The highest BCUT2D eigenvalue weighted by Gasteiger charge is 2.40. The standard InChI is InChI=1S/C33H56N2O7/c1-10-11-12-19(3)28(35-33(34)41)24(8)30(38)22(6)16-18(2)15-21(5)29(37)20(4)13-14-26(36)17-27-23(7)31(39)25(9)32(40)42-27/h10-15,19-31,36-39H,1,16-17H2,2-9H3,(H3,34,35,41)/t19-,20-,21-,22?,23-,24?,25+,26+,27-,28?,29-,30+,31-/m0/s1. The van der Waals surface area contributed by atoms with Crippen molar-refractivity contribution in [2.75, 3.05) is 0 Å². The Morgan fingerprint density at radius 2 is 1.64 bits per heavy atom. The zero-order valence-corrected chi connectivity index (χ0v) is 26.7. The average Bonchev–Trinajstić information content (AvgIpc) is 2.93. The molecule has 13 atom stereocenters. The van der Waals surface area contributed by atoms with E-state index in [1.54, 1.807) is 38.2 Å². The Hall–Kier alpha value is -2.46. The predicted molar refractivity (Wildman–Crippen MR) is 166 cm³/mol. The summed E-state index contributed by atoms with van der Waals surface area (Å²) in [4.78, 5) is 23.6. The number of carbonyl (C=O) groups is 2. The van der Waals surface area contributed by atoms with Gasteiger partial charge in [0.05, 0.1) is 30.3 Å². The van der Waals surface area contributed by atoms with Gasteiger partial charge >= 0.3 is 12.0 Å². The lowest BCUT2D eigenvalue weighted by Gasteiger charge is -2.36. The number of allylic oxidation sites excluding steroid dienone is 3. The number of nitrogens with two attached hydrogens (primary N) is 1. The number of ether oxygens (including phenoxy) is 1. The van der Waals surface area contributed by atoms with Gasteiger partial charge in [0.15, 0.2) is 0 Å². The summed E-state index contributed by atoms with van der Waals surface area (Å²) in [5.41, 5.74) is 6.43. The van der Waals surface area contributed by atoms with Gasteiger partial charge in [0.1, 0.15) is 6.10 Å². The largest absolute Gasteiger partial charge is 0.462 e. The normalized spacial score (nSPS) is 28.3. The second kappa shape index (κ2) is 17.6. The Labute approximate surface area is 252 Å². The topological polar surface area (TPSA) is 162 Å². The molecule has 2 amide bonds. The first-order valence-electron chi connectivity index (χ1n) is 15.1. The molecule has 0 aromatic heterocycles. The van der Waals surface area contributed by atoms with Gasteiger partial charge in [-0.15, -0.1) is 0 Å². The van der Waals surface area contributed by atoms with Crippen molar-refractivity contribution in [3.63, 3.8) is 0 Å². The van der Waals surface area contributed by atoms with Crippen LogP contribution in [-0.4, -0.2) is 69.0 Å². The molecule has 1 aliphatic heterocycles. The number of aliphatic hydroxyl groups excluding tert-OH is 4. The number of primary amides is 1. The molecule has 1 heterocycles. The number of hydrogen-bond acceptors (Lipinski definition) is 7. The Balaban J connectivity index is 2.76. The first-order valence-corrected chi connectivity index (χ1v) is 15.1. The number of esters is 1. The van der Waals surface area contributed by atoms with E-state index in [1.165, 1.54) is 0 Å². The fourth-order valence-electron chi connectivity index (χ4n) is 5.91. The molecule has 0 radical (unpaired) electrons. The third kappa shape index (κ3) is 11.3. The number of cyclic esters (lactones) is 1. The molecule has 0 bridgehead atoms. The van der Waals surface area contributed by atoms with E-state index in [0.717, 1.165) is 5.57 Å². The Morgan fingerprint density at radius 3 is 2.21 bits per heavy atom. The van der Waals surface area contributed by atoms with E-state index in [1.807, 2.05) is 53.7 Å². The van der Waals surface area contributed by atoms with E-state index in [2.05, 4.69) is 11.9 Å². The van der Waals surface area contributed by atoms with E-state index >= 15 is 0 Å². The molecule has 3 unspecified atom stereocenters. The fraction of sp³-hybridized carbons (Fsp3) is 0.697.